The Bertz CT molecular complexity index is 1380. The summed E-state index contributed by atoms with van der Waals surface area (Å²) in [6.07, 6.45) is 1.45. The molecule has 0 saturated heterocycles. The maximum Gasteiger partial charge on any atom is 0.244 e. The van der Waals surface area contributed by atoms with Crippen LogP contribution in [0.25, 0.3) is 10.9 Å². The molecule has 8 heteroatoms. The van der Waals surface area contributed by atoms with Gasteiger partial charge in [-0.15, -0.1) is 0 Å². The summed E-state index contributed by atoms with van der Waals surface area (Å²) in [6.45, 7) is -0.0960. The molecule has 0 saturated carbocycles. The molecule has 0 atom stereocenters. The summed E-state index contributed by atoms with van der Waals surface area (Å²) in [6, 6.07) is 19.3. The minimum absolute atomic E-state index is 0.0953. The van der Waals surface area contributed by atoms with Gasteiger partial charge in [-0.2, -0.15) is 0 Å². The fourth-order valence-electron chi connectivity index (χ4n) is 3.42. The minimum Gasteiger partial charge on any atom is -0.337 e. The first-order valence-corrected chi connectivity index (χ1v) is 11.5. The monoisotopic (exact) mass is 456 g/mol. The number of carbonyl (C=O) groups is 1. The molecule has 0 radical (unpaired) electrons. The number of anilines is 1. The number of amides is 1. The van der Waals surface area contributed by atoms with Crippen molar-refractivity contribution < 1.29 is 17.6 Å². The Morgan fingerprint density at radius 3 is 2.52 bits per heavy atom. The van der Waals surface area contributed by atoms with Crippen molar-refractivity contribution in [2.24, 2.45) is 0 Å². The lowest BCUT2D eigenvalue weighted by atomic mass is 10.2. The number of nitrogens with zero attached hydrogens (tertiary/aromatic N) is 1. The van der Waals surface area contributed by atoms with E-state index in [0.717, 1.165) is 0 Å². The molecule has 4 rings (SSSR count). The van der Waals surface area contributed by atoms with Crippen LogP contribution in [0.2, 0.25) is 5.02 Å². The van der Waals surface area contributed by atoms with E-state index in [1.165, 1.54) is 24.4 Å². The standard InChI is InChI=1S/C23H18ClFN2O3S/c24-19-9-2-3-10-20(19)26-23(28)14-27-13-22(18-8-1-4-11-21(18)27)31(29,30)15-16-6-5-7-17(25)12-16/h1-13H,14-15H2,(H,26,28). The number of carbonyl (C=O) groups excluding carboxylic acids is 1. The third-order valence-corrected chi connectivity index (χ3v) is 6.83. The van der Waals surface area contributed by atoms with E-state index < -0.39 is 15.7 Å². The molecule has 0 bridgehead atoms. The first-order chi connectivity index (χ1) is 14.8. The Hall–Kier alpha value is -3.16. The molecular weight excluding hydrogens is 439 g/mol. The highest BCUT2D eigenvalue weighted by molar-refractivity contribution is 7.90. The first-order valence-electron chi connectivity index (χ1n) is 9.43. The second-order valence-corrected chi connectivity index (χ2v) is 9.42. The number of halogens is 2. The molecule has 1 amide bonds. The average Bonchev–Trinajstić information content (AvgIpc) is 3.09. The topological polar surface area (TPSA) is 68.2 Å². The maximum atomic E-state index is 13.5. The van der Waals surface area contributed by atoms with Crippen LogP contribution in [0.5, 0.6) is 0 Å². The summed E-state index contributed by atoms with van der Waals surface area (Å²) < 4.78 is 41.3. The molecular formula is C23H18ClFN2O3S. The largest absolute Gasteiger partial charge is 0.337 e. The van der Waals surface area contributed by atoms with Crippen LogP contribution >= 0.6 is 11.6 Å². The molecule has 0 aliphatic rings. The van der Waals surface area contributed by atoms with Crippen LogP contribution in [0.4, 0.5) is 10.1 Å². The third-order valence-electron chi connectivity index (χ3n) is 4.79. The fraction of sp³-hybridized carbons (Fsp3) is 0.0870. The summed E-state index contributed by atoms with van der Waals surface area (Å²) in [4.78, 5) is 12.7. The predicted molar refractivity (Wildman–Crippen MR) is 119 cm³/mol. The number of fused-ring (bicyclic) bond motifs is 1. The lowest BCUT2D eigenvalue weighted by molar-refractivity contribution is -0.116. The van der Waals surface area contributed by atoms with E-state index >= 15 is 0 Å². The van der Waals surface area contributed by atoms with E-state index in [-0.39, 0.29) is 23.1 Å². The molecule has 4 aromatic rings. The van der Waals surface area contributed by atoms with Crippen molar-refractivity contribution in [3.8, 4) is 0 Å². The van der Waals surface area contributed by atoms with Crippen molar-refractivity contribution >= 4 is 43.9 Å². The van der Waals surface area contributed by atoms with Crippen LogP contribution in [-0.4, -0.2) is 18.9 Å². The number of nitrogens with one attached hydrogen (secondary N) is 1. The fourth-order valence-corrected chi connectivity index (χ4v) is 5.18. The smallest absolute Gasteiger partial charge is 0.244 e. The Morgan fingerprint density at radius 2 is 1.74 bits per heavy atom. The molecule has 158 valence electrons. The predicted octanol–water partition coefficient (Wildman–Crippen LogP) is 5.05. The van der Waals surface area contributed by atoms with Crippen LogP contribution in [0, 0.1) is 5.82 Å². The van der Waals surface area contributed by atoms with Crippen molar-refractivity contribution in [3.63, 3.8) is 0 Å². The highest BCUT2D eigenvalue weighted by Crippen LogP contribution is 2.28. The molecule has 0 aliphatic carbocycles. The Labute approximate surface area is 184 Å². The summed E-state index contributed by atoms with van der Waals surface area (Å²) >= 11 is 6.09. The number of benzene rings is 3. The molecule has 31 heavy (non-hydrogen) atoms. The summed E-state index contributed by atoms with van der Waals surface area (Å²) in [5.41, 5.74) is 1.44. The van der Waals surface area contributed by atoms with Gasteiger partial charge in [0.25, 0.3) is 0 Å². The number of hydrogen-bond acceptors (Lipinski definition) is 3. The van der Waals surface area contributed by atoms with Gasteiger partial charge < -0.3 is 9.88 Å². The van der Waals surface area contributed by atoms with E-state index in [9.17, 15) is 17.6 Å². The number of para-hydroxylation sites is 2. The van der Waals surface area contributed by atoms with Gasteiger partial charge in [0.2, 0.25) is 5.91 Å². The third kappa shape index (κ3) is 4.62. The van der Waals surface area contributed by atoms with E-state index in [1.807, 2.05) is 0 Å². The van der Waals surface area contributed by atoms with Gasteiger partial charge in [0.15, 0.2) is 9.84 Å². The van der Waals surface area contributed by atoms with Gasteiger partial charge in [0.05, 0.1) is 21.4 Å². The number of rotatable bonds is 6. The van der Waals surface area contributed by atoms with Crippen molar-refractivity contribution in [3.05, 3.63) is 95.4 Å². The summed E-state index contributed by atoms with van der Waals surface area (Å²) in [5.74, 6) is -1.18. The molecule has 0 unspecified atom stereocenters. The highest BCUT2D eigenvalue weighted by Gasteiger charge is 2.22. The number of sulfone groups is 1. The first kappa shape index (κ1) is 21.1. The van der Waals surface area contributed by atoms with Crippen molar-refractivity contribution in [1.29, 1.82) is 0 Å². The van der Waals surface area contributed by atoms with Crippen LogP contribution in [-0.2, 0) is 26.9 Å². The molecule has 0 fully saturated rings. The SMILES string of the molecule is O=C(Cn1cc(S(=O)(=O)Cc2cccc(F)c2)c2ccccc21)Nc1ccccc1Cl. The summed E-state index contributed by atoms with van der Waals surface area (Å²) in [5, 5.41) is 3.65. The zero-order valence-electron chi connectivity index (χ0n) is 16.3. The van der Waals surface area contributed by atoms with Crippen LogP contribution < -0.4 is 5.32 Å². The molecule has 5 nitrogen and oxygen atoms in total. The number of aromatic nitrogens is 1. The normalized spacial score (nSPS) is 11.5. The van der Waals surface area contributed by atoms with Gasteiger partial charge in [-0.05, 0) is 35.9 Å². The molecule has 3 aromatic carbocycles. The zero-order valence-corrected chi connectivity index (χ0v) is 17.8. The quantitative estimate of drug-likeness (QED) is 0.441. The van der Waals surface area contributed by atoms with Gasteiger partial charge >= 0.3 is 0 Å². The Morgan fingerprint density at radius 1 is 1.00 bits per heavy atom. The average molecular weight is 457 g/mol. The van der Waals surface area contributed by atoms with E-state index in [0.29, 0.717) is 27.2 Å². The van der Waals surface area contributed by atoms with E-state index in [1.54, 1.807) is 59.2 Å². The van der Waals surface area contributed by atoms with Crippen molar-refractivity contribution in [1.82, 2.24) is 4.57 Å². The lowest BCUT2D eigenvalue weighted by Gasteiger charge is -2.08. The van der Waals surface area contributed by atoms with Gasteiger partial charge in [-0.1, -0.05) is 54.1 Å². The van der Waals surface area contributed by atoms with Gasteiger partial charge in [0.1, 0.15) is 12.4 Å². The molecule has 1 heterocycles. The van der Waals surface area contributed by atoms with Crippen molar-refractivity contribution in [2.75, 3.05) is 5.32 Å². The minimum atomic E-state index is -3.78. The van der Waals surface area contributed by atoms with Crippen molar-refractivity contribution in [2.45, 2.75) is 17.2 Å². The van der Waals surface area contributed by atoms with Gasteiger partial charge in [-0.25, -0.2) is 12.8 Å². The maximum absolute atomic E-state index is 13.5. The highest BCUT2D eigenvalue weighted by atomic mass is 35.5. The molecule has 0 aliphatic heterocycles. The number of hydrogen-bond donors (Lipinski definition) is 1. The lowest BCUT2D eigenvalue weighted by Crippen LogP contribution is -2.18. The summed E-state index contributed by atoms with van der Waals surface area (Å²) in [7, 11) is -3.78. The molecule has 0 spiro atoms. The van der Waals surface area contributed by atoms with E-state index in [2.05, 4.69) is 5.32 Å². The second-order valence-electron chi connectivity index (χ2n) is 7.06. The van der Waals surface area contributed by atoms with Crippen LogP contribution in [0.1, 0.15) is 5.56 Å². The Kier molecular flexibility index (Phi) is 5.80. The van der Waals surface area contributed by atoms with Gasteiger partial charge in [-0.3, -0.25) is 4.79 Å². The Balaban J connectivity index is 1.66. The van der Waals surface area contributed by atoms with Gasteiger partial charge in [0, 0.05) is 17.1 Å². The molecule has 1 aromatic heterocycles. The van der Waals surface area contributed by atoms with Crippen LogP contribution in [0.3, 0.4) is 0 Å². The zero-order chi connectivity index (χ0) is 22.0. The molecule has 1 N–H and O–H groups in total. The van der Waals surface area contributed by atoms with Crippen LogP contribution in [0.15, 0.2) is 83.9 Å². The van der Waals surface area contributed by atoms with E-state index in [4.69, 9.17) is 11.6 Å². The second kappa shape index (κ2) is 8.53.